The van der Waals surface area contributed by atoms with E-state index in [4.69, 9.17) is 9.90 Å². The number of nitrogens with zero attached hydrogens (tertiary/aromatic N) is 4. The number of nitrogens with one attached hydrogen (secondary N) is 1. The van der Waals surface area contributed by atoms with Crippen LogP contribution in [0.4, 0.5) is 0 Å². The van der Waals surface area contributed by atoms with Crippen molar-refractivity contribution < 1.29 is 14.7 Å². The molecule has 1 aromatic carbocycles. The fraction of sp³-hybridized carbons (Fsp3) is 0.429. The summed E-state index contributed by atoms with van der Waals surface area (Å²) >= 11 is 1.60. The number of carbonyl (C=O) groups is 2. The van der Waals surface area contributed by atoms with E-state index in [2.05, 4.69) is 39.4 Å². The van der Waals surface area contributed by atoms with Crippen molar-refractivity contribution in [1.29, 1.82) is 0 Å². The molecule has 1 amide bonds. The van der Waals surface area contributed by atoms with Gasteiger partial charge >= 0.3 is 0 Å². The average molecular weight is 428 g/mol. The minimum Gasteiger partial charge on any atom is -0.483 e. The number of rotatable bonds is 4. The zero-order valence-corrected chi connectivity index (χ0v) is 17.6. The van der Waals surface area contributed by atoms with Crippen LogP contribution in [0, 0.1) is 5.92 Å². The van der Waals surface area contributed by atoms with Crippen LogP contribution in [0.15, 0.2) is 29.8 Å². The molecule has 30 heavy (non-hydrogen) atoms. The molecular weight excluding hydrogens is 402 g/mol. The molecule has 3 aromatic rings. The maximum absolute atomic E-state index is 13.1. The molecule has 158 valence electrons. The Morgan fingerprint density at radius 1 is 1.37 bits per heavy atom. The molecule has 9 heteroatoms. The zero-order chi connectivity index (χ0) is 21.1. The SMILES string of the molecule is CCn1nc(C(=O)N[C@@H]2CN3CCC2CC3)c2cc(-c3nccs3)ccc21.O=CO. The Hall–Kier alpha value is -2.78. The highest BCUT2D eigenvalue weighted by atomic mass is 32.1. The van der Waals surface area contributed by atoms with Gasteiger partial charge in [0.2, 0.25) is 0 Å². The van der Waals surface area contributed by atoms with Crippen molar-refractivity contribution in [2.45, 2.75) is 32.4 Å². The van der Waals surface area contributed by atoms with Crippen LogP contribution in [0.1, 0.15) is 30.3 Å². The van der Waals surface area contributed by atoms with Crippen LogP contribution < -0.4 is 5.32 Å². The number of hydrogen-bond donors (Lipinski definition) is 2. The monoisotopic (exact) mass is 427 g/mol. The lowest BCUT2D eigenvalue weighted by atomic mass is 9.84. The summed E-state index contributed by atoms with van der Waals surface area (Å²) in [6.07, 6.45) is 4.17. The number of amides is 1. The quantitative estimate of drug-likeness (QED) is 0.621. The van der Waals surface area contributed by atoms with Crippen molar-refractivity contribution in [2.24, 2.45) is 5.92 Å². The van der Waals surface area contributed by atoms with Crippen molar-refractivity contribution in [3.63, 3.8) is 0 Å². The summed E-state index contributed by atoms with van der Waals surface area (Å²) in [5.41, 5.74) is 2.56. The molecule has 3 fully saturated rings. The van der Waals surface area contributed by atoms with E-state index in [1.54, 1.807) is 17.5 Å². The topological polar surface area (TPSA) is 100 Å². The Morgan fingerprint density at radius 3 is 2.73 bits per heavy atom. The molecule has 0 unspecified atom stereocenters. The number of aryl methyl sites for hydroxylation is 1. The third-order valence-corrected chi connectivity index (χ3v) is 6.74. The van der Waals surface area contributed by atoms with Gasteiger partial charge < -0.3 is 15.3 Å². The van der Waals surface area contributed by atoms with Crippen molar-refractivity contribution in [3.8, 4) is 10.6 Å². The van der Waals surface area contributed by atoms with Crippen LogP contribution >= 0.6 is 11.3 Å². The van der Waals surface area contributed by atoms with Gasteiger partial charge in [0.05, 0.1) is 5.52 Å². The van der Waals surface area contributed by atoms with Crippen molar-refractivity contribution >= 4 is 34.6 Å². The summed E-state index contributed by atoms with van der Waals surface area (Å²) in [6.45, 7) is 5.84. The van der Waals surface area contributed by atoms with Crippen LogP contribution in [-0.4, -0.2) is 62.8 Å². The number of benzene rings is 1. The normalized spacial score (nSPS) is 22.4. The highest BCUT2D eigenvalue weighted by Gasteiger charge is 2.35. The predicted molar refractivity (Wildman–Crippen MR) is 116 cm³/mol. The molecular formula is C21H25N5O3S. The van der Waals surface area contributed by atoms with Gasteiger partial charge in [-0.25, -0.2) is 4.98 Å². The zero-order valence-electron chi connectivity index (χ0n) is 16.8. The molecule has 3 aliphatic rings. The van der Waals surface area contributed by atoms with Crippen LogP contribution in [0.5, 0.6) is 0 Å². The predicted octanol–water partition coefficient (Wildman–Crippen LogP) is 2.70. The number of carboxylic acid groups (broad SMARTS) is 1. The number of carbonyl (C=O) groups excluding carboxylic acids is 1. The van der Waals surface area contributed by atoms with E-state index in [-0.39, 0.29) is 18.4 Å². The van der Waals surface area contributed by atoms with Gasteiger partial charge in [-0.3, -0.25) is 14.3 Å². The van der Waals surface area contributed by atoms with Gasteiger partial charge in [-0.05, 0) is 57.0 Å². The summed E-state index contributed by atoms with van der Waals surface area (Å²) in [5.74, 6) is 0.548. The van der Waals surface area contributed by atoms with E-state index in [9.17, 15) is 4.79 Å². The van der Waals surface area contributed by atoms with Crippen molar-refractivity contribution in [1.82, 2.24) is 25.0 Å². The molecule has 8 nitrogen and oxygen atoms in total. The van der Waals surface area contributed by atoms with E-state index in [0.29, 0.717) is 11.6 Å². The first-order chi connectivity index (χ1) is 14.6. The average Bonchev–Trinajstić information content (AvgIpc) is 3.43. The van der Waals surface area contributed by atoms with Crippen molar-refractivity contribution in [2.75, 3.05) is 19.6 Å². The van der Waals surface area contributed by atoms with Gasteiger partial charge in [-0.15, -0.1) is 11.3 Å². The second-order valence-corrected chi connectivity index (χ2v) is 8.45. The minimum atomic E-state index is -0.250. The Labute approximate surface area is 178 Å². The van der Waals surface area contributed by atoms with Crippen molar-refractivity contribution in [3.05, 3.63) is 35.5 Å². The summed E-state index contributed by atoms with van der Waals surface area (Å²) in [6, 6.07) is 6.40. The van der Waals surface area contributed by atoms with Crippen LogP contribution in [0.25, 0.3) is 21.5 Å². The number of fused-ring (bicyclic) bond motifs is 4. The molecule has 3 aliphatic heterocycles. The first kappa shape index (κ1) is 20.5. The molecule has 5 heterocycles. The first-order valence-corrected chi connectivity index (χ1v) is 11.0. The van der Waals surface area contributed by atoms with E-state index in [1.165, 1.54) is 25.9 Å². The van der Waals surface area contributed by atoms with E-state index in [0.717, 1.165) is 34.6 Å². The molecule has 0 aliphatic carbocycles. The lowest BCUT2D eigenvalue weighted by Crippen LogP contribution is -2.57. The van der Waals surface area contributed by atoms with Gasteiger partial charge in [0.25, 0.3) is 12.4 Å². The minimum absolute atomic E-state index is 0.0535. The van der Waals surface area contributed by atoms with Gasteiger partial charge in [0, 0.05) is 41.7 Å². The third kappa shape index (κ3) is 3.95. The van der Waals surface area contributed by atoms with E-state index >= 15 is 0 Å². The summed E-state index contributed by atoms with van der Waals surface area (Å²) in [7, 11) is 0. The maximum atomic E-state index is 13.1. The number of aromatic nitrogens is 3. The highest BCUT2D eigenvalue weighted by molar-refractivity contribution is 7.13. The summed E-state index contributed by atoms with van der Waals surface area (Å²) < 4.78 is 1.91. The first-order valence-electron chi connectivity index (χ1n) is 10.2. The Bertz CT molecular complexity index is 1020. The second kappa shape index (κ2) is 8.93. The summed E-state index contributed by atoms with van der Waals surface area (Å²) in [5, 5.41) is 18.6. The van der Waals surface area contributed by atoms with Gasteiger partial charge in [0.15, 0.2) is 5.69 Å². The van der Waals surface area contributed by atoms with E-state index in [1.807, 2.05) is 16.1 Å². The standard InChI is InChI=1S/C20H23N5OS.CH2O2/c1-2-25-17-4-3-14(20-21-7-10-27-20)11-15(17)18(23-25)19(26)22-16-12-24-8-5-13(16)6-9-24;2-1-3/h3-4,7,10-11,13,16H,2,5-6,8-9,12H2,1H3,(H,22,26);1H,(H,2,3)/t16-;/m1./s1. The van der Waals surface area contributed by atoms with Crippen LogP contribution in [0.2, 0.25) is 0 Å². The third-order valence-electron chi connectivity index (χ3n) is 5.92. The van der Waals surface area contributed by atoms with Crippen LogP contribution in [-0.2, 0) is 11.3 Å². The Kier molecular flexibility index (Phi) is 6.10. The van der Waals surface area contributed by atoms with Crippen LogP contribution in [0.3, 0.4) is 0 Å². The van der Waals surface area contributed by atoms with Gasteiger partial charge in [0.1, 0.15) is 5.01 Å². The molecule has 2 N–H and O–H groups in total. The molecule has 2 bridgehead atoms. The lowest BCUT2D eigenvalue weighted by Gasteiger charge is -2.44. The van der Waals surface area contributed by atoms with Gasteiger partial charge in [-0.2, -0.15) is 5.10 Å². The fourth-order valence-electron chi connectivity index (χ4n) is 4.45. The molecule has 0 saturated carbocycles. The fourth-order valence-corrected chi connectivity index (χ4v) is 5.09. The molecule has 6 rings (SSSR count). The number of thiazole rings is 1. The number of hydrogen-bond acceptors (Lipinski definition) is 6. The lowest BCUT2D eigenvalue weighted by molar-refractivity contribution is -0.122. The van der Waals surface area contributed by atoms with Gasteiger partial charge in [-0.1, -0.05) is 0 Å². The Morgan fingerprint density at radius 2 is 2.13 bits per heavy atom. The summed E-state index contributed by atoms with van der Waals surface area (Å²) in [4.78, 5) is 28.3. The smallest absolute Gasteiger partial charge is 0.290 e. The second-order valence-electron chi connectivity index (χ2n) is 7.56. The molecule has 0 radical (unpaired) electrons. The van der Waals surface area contributed by atoms with E-state index < -0.39 is 0 Å². The Balaban J connectivity index is 0.000000687. The molecule has 3 saturated heterocycles. The molecule has 2 aromatic heterocycles. The maximum Gasteiger partial charge on any atom is 0.290 e. The highest BCUT2D eigenvalue weighted by Crippen LogP contribution is 2.30. The molecule has 1 atom stereocenters. The number of piperidine rings is 3. The molecule has 0 spiro atoms. The largest absolute Gasteiger partial charge is 0.483 e.